The van der Waals surface area contributed by atoms with E-state index in [1.807, 2.05) is 13.8 Å². The van der Waals surface area contributed by atoms with E-state index in [2.05, 4.69) is 5.32 Å². The zero-order valence-corrected chi connectivity index (χ0v) is 10.8. The van der Waals surface area contributed by atoms with E-state index >= 15 is 0 Å². The van der Waals surface area contributed by atoms with Crippen LogP contribution in [0.4, 0.5) is 0 Å². The lowest BCUT2D eigenvalue weighted by Crippen LogP contribution is -2.41. The Morgan fingerprint density at radius 1 is 1.25 bits per heavy atom. The molecule has 0 rings (SSSR count). The maximum absolute atomic E-state index is 11.6. The van der Waals surface area contributed by atoms with Gasteiger partial charge in [0.15, 0.2) is 0 Å². The predicted octanol–water partition coefficient (Wildman–Crippen LogP) is 1.38. The molecule has 2 amide bonds. The molecule has 0 unspecified atom stereocenters. The van der Waals surface area contributed by atoms with Crippen LogP contribution in [0.3, 0.4) is 0 Å². The van der Waals surface area contributed by atoms with Gasteiger partial charge in [-0.1, -0.05) is 13.8 Å². The van der Waals surface area contributed by atoms with Crippen LogP contribution in [0.15, 0.2) is 0 Å². The van der Waals surface area contributed by atoms with E-state index in [0.717, 1.165) is 12.8 Å². The van der Waals surface area contributed by atoms with Crippen LogP contribution in [0.25, 0.3) is 0 Å². The maximum Gasteiger partial charge on any atom is 0.239 e. The Labute approximate surface area is 102 Å². The van der Waals surface area contributed by atoms with Crippen LogP contribution in [0.5, 0.6) is 0 Å². The number of rotatable bonds is 8. The normalized spacial score (nSPS) is 9.94. The summed E-state index contributed by atoms with van der Waals surface area (Å²) in [5.74, 6) is 0.150. The van der Waals surface area contributed by atoms with Gasteiger partial charge in [-0.15, -0.1) is 11.6 Å². The summed E-state index contributed by atoms with van der Waals surface area (Å²) in [6.07, 6.45) is 2.03. The second-order valence-electron chi connectivity index (χ2n) is 3.60. The molecule has 1 N–H and O–H groups in total. The second kappa shape index (κ2) is 9.46. The zero-order chi connectivity index (χ0) is 12.4. The fourth-order valence-corrected chi connectivity index (χ4v) is 1.46. The molecule has 0 aromatic rings. The number of halogens is 1. The molecule has 0 radical (unpaired) electrons. The lowest BCUT2D eigenvalue weighted by molar-refractivity contribution is -0.135. The molecular formula is C11H21ClN2O2. The number of amides is 2. The Balaban J connectivity index is 4.10. The first-order valence-corrected chi connectivity index (χ1v) is 6.29. The molecule has 0 aliphatic rings. The zero-order valence-electron chi connectivity index (χ0n) is 10.1. The number of nitrogens with zero attached hydrogens (tertiary/aromatic N) is 1. The Kier molecular flexibility index (Phi) is 9.00. The Bertz CT molecular complexity index is 222. The van der Waals surface area contributed by atoms with E-state index in [4.69, 9.17) is 11.6 Å². The third-order valence-electron chi connectivity index (χ3n) is 2.06. The van der Waals surface area contributed by atoms with Crippen molar-refractivity contribution in [1.82, 2.24) is 10.2 Å². The van der Waals surface area contributed by atoms with Gasteiger partial charge in [-0.25, -0.2) is 0 Å². The van der Waals surface area contributed by atoms with Crippen LogP contribution in [0.2, 0.25) is 0 Å². The number of nitrogens with one attached hydrogen (secondary N) is 1. The number of carbonyl (C=O) groups is 2. The summed E-state index contributed by atoms with van der Waals surface area (Å²) in [5.41, 5.74) is 0. The predicted molar refractivity (Wildman–Crippen MR) is 65.5 cm³/mol. The van der Waals surface area contributed by atoms with Crippen molar-refractivity contribution in [2.75, 3.05) is 25.5 Å². The molecule has 0 fully saturated rings. The van der Waals surface area contributed by atoms with Crippen LogP contribution >= 0.6 is 11.6 Å². The highest BCUT2D eigenvalue weighted by Crippen LogP contribution is 1.98. The first kappa shape index (κ1) is 15.2. The van der Waals surface area contributed by atoms with Crippen molar-refractivity contribution >= 4 is 23.4 Å². The minimum Gasteiger partial charge on any atom is -0.355 e. The van der Waals surface area contributed by atoms with Crippen molar-refractivity contribution in [1.29, 1.82) is 0 Å². The van der Waals surface area contributed by atoms with E-state index in [1.54, 1.807) is 4.90 Å². The van der Waals surface area contributed by atoms with Crippen molar-refractivity contribution in [2.24, 2.45) is 0 Å². The first-order chi connectivity index (χ1) is 7.65. The smallest absolute Gasteiger partial charge is 0.239 e. The molecule has 0 aromatic heterocycles. The van der Waals surface area contributed by atoms with E-state index in [0.29, 0.717) is 25.4 Å². The largest absolute Gasteiger partial charge is 0.355 e. The molecule has 5 heteroatoms. The molecule has 0 saturated carbocycles. The van der Waals surface area contributed by atoms with E-state index in [9.17, 15) is 9.59 Å². The van der Waals surface area contributed by atoms with Crippen LogP contribution in [0, 0.1) is 0 Å². The molecule has 0 aliphatic carbocycles. The quantitative estimate of drug-likeness (QED) is 0.660. The molecule has 0 aromatic carbocycles. The molecule has 0 aliphatic heterocycles. The lowest BCUT2D eigenvalue weighted by atomic mass is 10.3. The van der Waals surface area contributed by atoms with Gasteiger partial charge in [0, 0.05) is 25.4 Å². The highest BCUT2D eigenvalue weighted by molar-refractivity contribution is 6.18. The summed E-state index contributed by atoms with van der Waals surface area (Å²) in [4.78, 5) is 24.6. The third kappa shape index (κ3) is 6.67. The van der Waals surface area contributed by atoms with Gasteiger partial charge >= 0.3 is 0 Å². The second-order valence-corrected chi connectivity index (χ2v) is 3.98. The summed E-state index contributed by atoms with van der Waals surface area (Å²) in [5, 5.41) is 2.75. The molecule has 94 valence electrons. The van der Waals surface area contributed by atoms with E-state index < -0.39 is 0 Å². The van der Waals surface area contributed by atoms with Crippen molar-refractivity contribution in [3.63, 3.8) is 0 Å². The fraction of sp³-hybridized carbons (Fsp3) is 0.818. The lowest BCUT2D eigenvalue weighted by Gasteiger charge is -2.21. The number of alkyl halides is 1. The van der Waals surface area contributed by atoms with Crippen LogP contribution in [-0.4, -0.2) is 42.2 Å². The maximum atomic E-state index is 11.6. The van der Waals surface area contributed by atoms with Crippen LogP contribution < -0.4 is 5.32 Å². The van der Waals surface area contributed by atoms with Crippen LogP contribution in [-0.2, 0) is 9.59 Å². The summed E-state index contributed by atoms with van der Waals surface area (Å²) in [6.45, 7) is 5.37. The topological polar surface area (TPSA) is 49.4 Å². The monoisotopic (exact) mass is 248 g/mol. The molecule has 0 spiro atoms. The van der Waals surface area contributed by atoms with Gasteiger partial charge in [0.25, 0.3) is 0 Å². The van der Waals surface area contributed by atoms with Gasteiger partial charge < -0.3 is 10.2 Å². The minimum atomic E-state index is -0.0989. The van der Waals surface area contributed by atoms with Gasteiger partial charge in [-0.3, -0.25) is 9.59 Å². The van der Waals surface area contributed by atoms with Gasteiger partial charge in [0.05, 0.1) is 6.54 Å². The average Bonchev–Trinajstić information content (AvgIpc) is 2.26. The van der Waals surface area contributed by atoms with Crippen molar-refractivity contribution in [2.45, 2.75) is 33.1 Å². The minimum absolute atomic E-state index is 0.0523. The highest BCUT2D eigenvalue weighted by atomic mass is 35.5. The van der Waals surface area contributed by atoms with Gasteiger partial charge in [0.2, 0.25) is 11.8 Å². The van der Waals surface area contributed by atoms with Crippen molar-refractivity contribution < 1.29 is 9.59 Å². The Morgan fingerprint density at radius 3 is 2.44 bits per heavy atom. The molecule has 0 atom stereocenters. The molecule has 16 heavy (non-hydrogen) atoms. The van der Waals surface area contributed by atoms with Gasteiger partial charge in [-0.05, 0) is 12.8 Å². The summed E-state index contributed by atoms with van der Waals surface area (Å²) >= 11 is 5.51. The van der Waals surface area contributed by atoms with E-state index in [1.165, 1.54) is 0 Å². The number of hydrogen-bond acceptors (Lipinski definition) is 2. The third-order valence-corrected chi connectivity index (χ3v) is 2.25. The SMILES string of the molecule is CCCNC(=O)CN(CCC)C(=O)CCCl. The molecule has 0 saturated heterocycles. The molecular weight excluding hydrogens is 228 g/mol. The van der Waals surface area contributed by atoms with E-state index in [-0.39, 0.29) is 18.4 Å². The van der Waals surface area contributed by atoms with Gasteiger partial charge in [0.1, 0.15) is 0 Å². The number of carbonyl (C=O) groups excluding carboxylic acids is 2. The standard InChI is InChI=1S/C11H21ClN2O2/c1-3-7-13-10(15)9-14(8-4-2)11(16)5-6-12/h3-9H2,1-2H3,(H,13,15). The first-order valence-electron chi connectivity index (χ1n) is 5.76. The molecule has 0 bridgehead atoms. The number of hydrogen-bond donors (Lipinski definition) is 1. The van der Waals surface area contributed by atoms with Gasteiger partial charge in [-0.2, -0.15) is 0 Å². The molecule has 0 heterocycles. The highest BCUT2D eigenvalue weighted by Gasteiger charge is 2.15. The Hall–Kier alpha value is -0.770. The molecule has 4 nitrogen and oxygen atoms in total. The van der Waals surface area contributed by atoms with Crippen molar-refractivity contribution in [3.8, 4) is 0 Å². The Morgan fingerprint density at radius 2 is 1.94 bits per heavy atom. The van der Waals surface area contributed by atoms with Crippen molar-refractivity contribution in [3.05, 3.63) is 0 Å². The fourth-order valence-electron chi connectivity index (χ4n) is 1.29. The summed E-state index contributed by atoms with van der Waals surface area (Å²) in [7, 11) is 0. The van der Waals surface area contributed by atoms with Crippen LogP contribution in [0.1, 0.15) is 33.1 Å². The summed E-state index contributed by atoms with van der Waals surface area (Å²) in [6, 6.07) is 0. The summed E-state index contributed by atoms with van der Waals surface area (Å²) < 4.78 is 0. The average molecular weight is 249 g/mol.